The highest BCUT2D eigenvalue weighted by Gasteiger charge is 2.31. The number of nitrogens with two attached hydrogens (primary N) is 1. The van der Waals surface area contributed by atoms with Crippen LogP contribution in [0.1, 0.15) is 97.3 Å². The topological polar surface area (TPSA) is 148 Å². The molecule has 0 aliphatic carbocycles. The minimum atomic E-state index is -1.17. The van der Waals surface area contributed by atoms with Crippen molar-refractivity contribution in [3.8, 4) is 0 Å². The molecular formula is C33H51N3O6S. The molecule has 0 fully saturated rings. The van der Waals surface area contributed by atoms with Crippen LogP contribution in [0.3, 0.4) is 0 Å². The Balaban J connectivity index is 2.18. The molecule has 9 nitrogen and oxygen atoms in total. The number of esters is 1. The summed E-state index contributed by atoms with van der Waals surface area (Å²) in [5.41, 5.74) is 6.15. The van der Waals surface area contributed by atoms with Gasteiger partial charge < -0.3 is 26.2 Å². The van der Waals surface area contributed by atoms with Gasteiger partial charge in [0.25, 0.3) is 0 Å². The number of hydrogen-bond acceptors (Lipinski definition) is 7. The van der Waals surface area contributed by atoms with Crippen LogP contribution < -0.4 is 16.4 Å². The van der Waals surface area contributed by atoms with Crippen LogP contribution in [-0.4, -0.2) is 53.1 Å². The fourth-order valence-electron chi connectivity index (χ4n) is 4.87. The molecule has 0 unspecified atom stereocenters. The van der Waals surface area contributed by atoms with Crippen LogP contribution in [-0.2, 0) is 30.3 Å². The molecule has 0 saturated heterocycles. The van der Waals surface area contributed by atoms with E-state index in [4.69, 9.17) is 10.5 Å². The van der Waals surface area contributed by atoms with E-state index in [9.17, 15) is 24.3 Å². The number of benzene rings is 1. The van der Waals surface area contributed by atoms with Crippen molar-refractivity contribution >= 4 is 45.2 Å². The van der Waals surface area contributed by atoms with E-state index in [1.807, 2.05) is 51.1 Å². The SMILES string of the molecule is CCCCCCCC[C@H](C)[C@H](CC(=O)N[C@@H](Cc1cc2ccccc2s1)C(=O)N[C@@H](C)C(=O)O)OC(=O)[C@H](N)[C@@H](C)CC. The normalized spacial score (nSPS) is 15.6. The third kappa shape index (κ3) is 12.3. The maximum atomic E-state index is 13.4. The molecule has 0 aliphatic rings. The highest BCUT2D eigenvalue weighted by molar-refractivity contribution is 7.19. The maximum Gasteiger partial charge on any atom is 0.325 e. The number of carboxylic acids is 1. The van der Waals surface area contributed by atoms with Crippen molar-refractivity contribution < 1.29 is 29.0 Å². The van der Waals surface area contributed by atoms with E-state index in [1.54, 1.807) is 0 Å². The molecule has 240 valence electrons. The Morgan fingerprint density at radius 2 is 1.63 bits per heavy atom. The molecule has 0 saturated carbocycles. The molecule has 6 atom stereocenters. The zero-order valence-corrected chi connectivity index (χ0v) is 27.2. The first kappa shape index (κ1) is 36.2. The molecule has 1 aromatic carbocycles. The average molecular weight is 618 g/mol. The second kappa shape index (κ2) is 18.6. The van der Waals surface area contributed by atoms with Gasteiger partial charge in [0.05, 0.1) is 6.42 Å². The Morgan fingerprint density at radius 3 is 2.28 bits per heavy atom. The van der Waals surface area contributed by atoms with E-state index in [0.29, 0.717) is 0 Å². The van der Waals surface area contributed by atoms with Crippen molar-refractivity contribution in [2.75, 3.05) is 0 Å². The Labute approximate surface area is 260 Å². The van der Waals surface area contributed by atoms with Crippen LogP contribution in [0.2, 0.25) is 0 Å². The van der Waals surface area contributed by atoms with Gasteiger partial charge in [-0.1, -0.05) is 90.8 Å². The number of nitrogens with one attached hydrogen (secondary N) is 2. The van der Waals surface area contributed by atoms with E-state index < -0.39 is 48.0 Å². The summed E-state index contributed by atoms with van der Waals surface area (Å²) in [5.74, 6) is -2.90. The smallest absolute Gasteiger partial charge is 0.325 e. The summed E-state index contributed by atoms with van der Waals surface area (Å²) in [5, 5.41) is 15.6. The van der Waals surface area contributed by atoms with Crippen LogP contribution in [0.5, 0.6) is 0 Å². The molecule has 2 amide bonds. The van der Waals surface area contributed by atoms with Gasteiger partial charge in [-0.3, -0.25) is 19.2 Å². The molecule has 0 bridgehead atoms. The molecule has 0 radical (unpaired) electrons. The van der Waals surface area contributed by atoms with Gasteiger partial charge in [0, 0.05) is 16.0 Å². The van der Waals surface area contributed by atoms with Crippen LogP contribution in [0, 0.1) is 11.8 Å². The van der Waals surface area contributed by atoms with E-state index in [0.717, 1.165) is 47.1 Å². The Bertz CT molecular complexity index is 1150. The second-order valence-electron chi connectivity index (χ2n) is 11.8. The molecule has 43 heavy (non-hydrogen) atoms. The summed E-state index contributed by atoms with van der Waals surface area (Å²) >= 11 is 1.52. The number of carbonyl (C=O) groups excluding carboxylic acids is 3. The molecule has 2 rings (SSSR count). The molecule has 10 heteroatoms. The van der Waals surface area contributed by atoms with Crippen molar-refractivity contribution in [3.63, 3.8) is 0 Å². The molecule has 1 aromatic heterocycles. The number of unbranched alkanes of at least 4 members (excludes halogenated alkanes) is 5. The first-order valence-corrected chi connectivity index (χ1v) is 16.5. The minimum Gasteiger partial charge on any atom is -0.480 e. The first-order chi connectivity index (χ1) is 20.5. The number of aliphatic carboxylic acids is 1. The third-order valence-corrected chi connectivity index (χ3v) is 9.23. The molecule has 0 spiro atoms. The standard InChI is InChI=1S/C33H51N3O6S/c1-6-8-9-10-11-12-15-22(4)27(42-33(41)30(34)21(3)7-2)20-29(37)36-26(31(38)35-23(5)32(39)40)19-25-18-24-16-13-14-17-28(24)43-25/h13-14,16-18,21-23,26-27,30H,6-12,15,19-20,34H2,1-5H3,(H,35,38)(H,36,37)(H,39,40)/t21-,22-,23-,26-,27-,30+/m0/s1. The zero-order chi connectivity index (χ0) is 31.9. The number of carbonyl (C=O) groups is 4. The van der Waals surface area contributed by atoms with Crippen molar-refractivity contribution in [2.24, 2.45) is 17.6 Å². The van der Waals surface area contributed by atoms with Gasteiger partial charge in [0.15, 0.2) is 0 Å². The van der Waals surface area contributed by atoms with Crippen molar-refractivity contribution in [1.29, 1.82) is 0 Å². The number of fused-ring (bicyclic) bond motifs is 1. The maximum absolute atomic E-state index is 13.4. The highest BCUT2D eigenvalue weighted by atomic mass is 32.1. The molecule has 5 N–H and O–H groups in total. The van der Waals surface area contributed by atoms with E-state index in [1.165, 1.54) is 37.5 Å². The Kier molecular flexibility index (Phi) is 15.7. The van der Waals surface area contributed by atoms with Crippen LogP contribution in [0.4, 0.5) is 0 Å². The zero-order valence-electron chi connectivity index (χ0n) is 26.4. The van der Waals surface area contributed by atoms with Gasteiger partial charge in [0.2, 0.25) is 11.8 Å². The van der Waals surface area contributed by atoms with Crippen molar-refractivity contribution in [2.45, 2.75) is 123 Å². The Hall–Kier alpha value is -2.98. The highest BCUT2D eigenvalue weighted by Crippen LogP contribution is 2.27. The number of amides is 2. The predicted molar refractivity (Wildman–Crippen MR) is 172 cm³/mol. The number of hydrogen-bond donors (Lipinski definition) is 4. The quantitative estimate of drug-likeness (QED) is 0.112. The lowest BCUT2D eigenvalue weighted by Crippen LogP contribution is -2.52. The summed E-state index contributed by atoms with van der Waals surface area (Å²) in [6, 6.07) is 6.88. The lowest BCUT2D eigenvalue weighted by atomic mass is 9.93. The molecule has 1 heterocycles. The van der Waals surface area contributed by atoms with Crippen molar-refractivity contribution in [1.82, 2.24) is 10.6 Å². The fraction of sp³-hybridized carbons (Fsp3) is 0.636. The van der Waals surface area contributed by atoms with E-state index in [-0.39, 0.29) is 24.7 Å². The summed E-state index contributed by atoms with van der Waals surface area (Å²) in [6.07, 6.45) is 7.64. The largest absolute Gasteiger partial charge is 0.480 e. The van der Waals surface area contributed by atoms with Crippen LogP contribution in [0.15, 0.2) is 30.3 Å². The van der Waals surface area contributed by atoms with E-state index in [2.05, 4.69) is 17.6 Å². The molecule has 0 aliphatic heterocycles. The number of ether oxygens (including phenoxy) is 1. The van der Waals surface area contributed by atoms with E-state index >= 15 is 0 Å². The van der Waals surface area contributed by atoms with Gasteiger partial charge >= 0.3 is 11.9 Å². The van der Waals surface area contributed by atoms with Gasteiger partial charge in [-0.25, -0.2) is 0 Å². The van der Waals surface area contributed by atoms with Gasteiger partial charge in [0.1, 0.15) is 24.2 Å². The van der Waals surface area contributed by atoms with Gasteiger partial charge in [-0.2, -0.15) is 0 Å². The number of thiophene rings is 1. The van der Waals surface area contributed by atoms with Crippen LogP contribution >= 0.6 is 11.3 Å². The number of rotatable bonds is 20. The predicted octanol–water partition coefficient (Wildman–Crippen LogP) is 5.58. The van der Waals surface area contributed by atoms with Crippen molar-refractivity contribution in [3.05, 3.63) is 35.2 Å². The van der Waals surface area contributed by atoms with Gasteiger partial charge in [-0.15, -0.1) is 11.3 Å². The fourth-order valence-corrected chi connectivity index (χ4v) is 5.97. The third-order valence-electron chi connectivity index (χ3n) is 8.09. The van der Waals surface area contributed by atoms with Gasteiger partial charge in [-0.05, 0) is 42.7 Å². The summed E-state index contributed by atoms with van der Waals surface area (Å²) in [7, 11) is 0. The van der Waals surface area contributed by atoms with Crippen LogP contribution in [0.25, 0.3) is 10.1 Å². The Morgan fingerprint density at radius 1 is 0.953 bits per heavy atom. The first-order valence-electron chi connectivity index (χ1n) is 15.7. The molecule has 2 aromatic rings. The second-order valence-corrected chi connectivity index (χ2v) is 12.9. The summed E-state index contributed by atoms with van der Waals surface area (Å²) in [6.45, 7) is 9.37. The number of carboxylic acid groups (broad SMARTS) is 1. The lowest BCUT2D eigenvalue weighted by molar-refractivity contribution is -0.156. The summed E-state index contributed by atoms with van der Waals surface area (Å²) < 4.78 is 6.91. The minimum absolute atomic E-state index is 0.0681. The monoisotopic (exact) mass is 617 g/mol. The molecular weight excluding hydrogens is 566 g/mol. The average Bonchev–Trinajstić information content (AvgIpc) is 3.39. The summed E-state index contributed by atoms with van der Waals surface area (Å²) in [4.78, 5) is 51.8. The lowest BCUT2D eigenvalue weighted by Gasteiger charge is -2.27.